The van der Waals surface area contributed by atoms with E-state index in [0.29, 0.717) is 11.3 Å². The van der Waals surface area contributed by atoms with E-state index in [1.54, 1.807) is 22.6 Å². The van der Waals surface area contributed by atoms with E-state index < -0.39 is 18.3 Å². The molecule has 0 spiro atoms. The minimum atomic E-state index is -2.97. The van der Waals surface area contributed by atoms with Crippen LogP contribution in [0, 0.1) is 5.82 Å². The maximum atomic E-state index is 13.7. The van der Waals surface area contributed by atoms with Gasteiger partial charge in [-0.05, 0) is 22.0 Å². The van der Waals surface area contributed by atoms with Crippen LogP contribution in [-0.4, -0.2) is 21.8 Å². The molecule has 1 aromatic carbocycles. The lowest BCUT2D eigenvalue weighted by atomic mass is 9.95. The second kappa shape index (κ2) is 5.87. The van der Waals surface area contributed by atoms with E-state index in [1.165, 1.54) is 18.3 Å². The van der Waals surface area contributed by atoms with Gasteiger partial charge in [0.1, 0.15) is 22.9 Å². The summed E-state index contributed by atoms with van der Waals surface area (Å²) in [7, 11) is 0. The van der Waals surface area contributed by atoms with Crippen molar-refractivity contribution in [2.24, 2.45) is 0 Å². The highest BCUT2D eigenvalue weighted by Gasteiger charge is 2.37. The Bertz CT molecular complexity index is 1000. The molecule has 1 aliphatic rings. The van der Waals surface area contributed by atoms with Crippen molar-refractivity contribution in [1.82, 2.24) is 9.38 Å². The number of carbonyl (C=O) groups is 1. The van der Waals surface area contributed by atoms with Gasteiger partial charge in [-0.25, -0.2) is 9.37 Å². The zero-order valence-electron chi connectivity index (χ0n) is 12.5. The van der Waals surface area contributed by atoms with Gasteiger partial charge >= 0.3 is 6.61 Å². The second-order valence-electron chi connectivity index (χ2n) is 5.64. The zero-order valence-corrected chi connectivity index (χ0v) is 14.1. The minimum absolute atomic E-state index is 0.0132. The van der Waals surface area contributed by atoms with Gasteiger partial charge < -0.3 is 9.14 Å². The SMILES string of the molecule is O=C1C[C@@H](c2ccccc2OC(F)F)c2c1nc1cc(F)c(Br)cn21. The lowest BCUT2D eigenvalue weighted by molar-refractivity contribution is -0.0505. The van der Waals surface area contributed by atoms with E-state index in [4.69, 9.17) is 0 Å². The van der Waals surface area contributed by atoms with Crippen LogP contribution in [0.2, 0.25) is 0 Å². The van der Waals surface area contributed by atoms with Crippen molar-refractivity contribution in [3.05, 3.63) is 63.8 Å². The van der Waals surface area contributed by atoms with Crippen molar-refractivity contribution in [3.8, 4) is 5.75 Å². The predicted octanol–water partition coefficient (Wildman–Crippen LogP) is 4.56. The Hall–Kier alpha value is -2.35. The number of aromatic nitrogens is 2. The van der Waals surface area contributed by atoms with Gasteiger partial charge in [-0.1, -0.05) is 18.2 Å². The summed E-state index contributed by atoms with van der Waals surface area (Å²) in [5.41, 5.74) is 1.54. The fourth-order valence-electron chi connectivity index (χ4n) is 3.20. The summed E-state index contributed by atoms with van der Waals surface area (Å²) in [6.07, 6.45) is 1.58. The maximum absolute atomic E-state index is 13.7. The van der Waals surface area contributed by atoms with E-state index in [-0.39, 0.29) is 33.8 Å². The zero-order chi connectivity index (χ0) is 17.7. The Morgan fingerprint density at radius 1 is 1.32 bits per heavy atom. The molecule has 0 aliphatic heterocycles. The van der Waals surface area contributed by atoms with Crippen LogP contribution in [-0.2, 0) is 0 Å². The van der Waals surface area contributed by atoms with Crippen LogP contribution in [0.25, 0.3) is 5.65 Å². The van der Waals surface area contributed by atoms with Crippen LogP contribution in [0.4, 0.5) is 13.2 Å². The van der Waals surface area contributed by atoms with E-state index in [0.717, 1.165) is 0 Å². The summed E-state index contributed by atoms with van der Waals surface area (Å²) in [6.45, 7) is -2.97. The highest BCUT2D eigenvalue weighted by molar-refractivity contribution is 9.10. The summed E-state index contributed by atoms with van der Waals surface area (Å²) in [6, 6.07) is 7.56. The molecule has 0 bridgehead atoms. The molecule has 3 aromatic rings. The number of imidazole rings is 1. The molecule has 0 fully saturated rings. The third-order valence-electron chi connectivity index (χ3n) is 4.20. The van der Waals surface area contributed by atoms with Gasteiger partial charge in [0.15, 0.2) is 5.78 Å². The summed E-state index contributed by atoms with van der Waals surface area (Å²) in [5, 5.41) is 0. The van der Waals surface area contributed by atoms with Crippen molar-refractivity contribution in [2.45, 2.75) is 19.0 Å². The monoisotopic (exact) mass is 410 g/mol. The molecule has 2 aromatic heterocycles. The Morgan fingerprint density at radius 3 is 2.84 bits per heavy atom. The van der Waals surface area contributed by atoms with Crippen LogP contribution in [0.1, 0.15) is 34.1 Å². The van der Waals surface area contributed by atoms with Gasteiger partial charge in [0.2, 0.25) is 0 Å². The summed E-state index contributed by atoms with van der Waals surface area (Å²) in [4.78, 5) is 16.6. The van der Waals surface area contributed by atoms with Crippen LogP contribution < -0.4 is 4.74 Å². The highest BCUT2D eigenvalue weighted by Crippen LogP contribution is 2.42. The first-order valence-corrected chi connectivity index (χ1v) is 8.19. The standard InChI is InChI=1S/C17H10BrF3N2O2/c18-10-7-23-14(6-11(10)19)22-15-12(24)5-9(16(15)23)8-3-1-2-4-13(8)25-17(20)21/h1-4,6-7,9,17H,5H2/t9-/m0/s1. The van der Waals surface area contributed by atoms with Crippen molar-refractivity contribution in [1.29, 1.82) is 0 Å². The summed E-state index contributed by atoms with van der Waals surface area (Å²) >= 11 is 3.12. The number of alkyl halides is 2. The number of fused-ring (bicyclic) bond motifs is 3. The highest BCUT2D eigenvalue weighted by atomic mass is 79.9. The Balaban J connectivity index is 1.91. The number of halogens is 4. The predicted molar refractivity (Wildman–Crippen MR) is 86.7 cm³/mol. The largest absolute Gasteiger partial charge is 0.435 e. The lowest BCUT2D eigenvalue weighted by Crippen LogP contribution is -2.08. The minimum Gasteiger partial charge on any atom is -0.435 e. The topological polar surface area (TPSA) is 43.6 Å². The third kappa shape index (κ3) is 2.60. The number of carbonyl (C=O) groups excluding carboxylic acids is 1. The molecule has 0 saturated carbocycles. The molecule has 0 saturated heterocycles. The van der Waals surface area contributed by atoms with Gasteiger partial charge in [0.05, 0.1) is 10.2 Å². The first kappa shape index (κ1) is 16.1. The fraction of sp³-hybridized carbons (Fsp3) is 0.176. The van der Waals surface area contributed by atoms with E-state index in [1.807, 2.05) is 0 Å². The Kier molecular flexibility index (Phi) is 3.79. The van der Waals surface area contributed by atoms with Crippen LogP contribution in [0.3, 0.4) is 0 Å². The normalized spacial score (nSPS) is 16.7. The molecule has 2 heterocycles. The number of nitrogens with zero attached hydrogens (tertiary/aromatic N) is 2. The first-order chi connectivity index (χ1) is 12.0. The van der Waals surface area contributed by atoms with Gasteiger partial charge in [-0.15, -0.1) is 0 Å². The van der Waals surface area contributed by atoms with E-state index in [2.05, 4.69) is 25.7 Å². The molecule has 8 heteroatoms. The summed E-state index contributed by atoms with van der Waals surface area (Å²) in [5.74, 6) is -1.20. The molecule has 0 amide bonds. The van der Waals surface area contributed by atoms with Crippen LogP contribution >= 0.6 is 15.9 Å². The average Bonchev–Trinajstić information content (AvgIpc) is 3.06. The number of hydrogen-bond acceptors (Lipinski definition) is 3. The second-order valence-corrected chi connectivity index (χ2v) is 6.49. The summed E-state index contributed by atoms with van der Waals surface area (Å²) < 4.78 is 45.6. The molecule has 0 radical (unpaired) electrons. The third-order valence-corrected chi connectivity index (χ3v) is 4.78. The average molecular weight is 411 g/mol. The van der Waals surface area contributed by atoms with Crippen molar-refractivity contribution in [2.75, 3.05) is 0 Å². The molecule has 1 atom stereocenters. The number of rotatable bonds is 3. The van der Waals surface area contributed by atoms with E-state index >= 15 is 0 Å². The van der Waals surface area contributed by atoms with Crippen molar-refractivity contribution >= 4 is 27.4 Å². The van der Waals surface area contributed by atoms with Crippen molar-refractivity contribution in [3.63, 3.8) is 0 Å². The van der Waals surface area contributed by atoms with Crippen LogP contribution in [0.5, 0.6) is 5.75 Å². The molecule has 0 unspecified atom stereocenters. The number of pyridine rings is 1. The fourth-order valence-corrected chi connectivity index (χ4v) is 3.52. The Morgan fingerprint density at radius 2 is 2.08 bits per heavy atom. The molecule has 4 rings (SSSR count). The number of para-hydroxylation sites is 1. The molecule has 128 valence electrons. The number of hydrogen-bond donors (Lipinski definition) is 0. The first-order valence-electron chi connectivity index (χ1n) is 7.39. The molecule has 0 N–H and O–H groups in total. The number of Topliss-reactive ketones (excluding diaryl/α,β-unsaturated/α-hetero) is 1. The van der Waals surface area contributed by atoms with Gasteiger partial charge in [-0.3, -0.25) is 4.79 Å². The maximum Gasteiger partial charge on any atom is 0.387 e. The number of ether oxygens (including phenoxy) is 1. The Labute approximate surface area is 148 Å². The van der Waals surface area contributed by atoms with Gasteiger partial charge in [0.25, 0.3) is 0 Å². The van der Waals surface area contributed by atoms with Crippen molar-refractivity contribution < 1.29 is 22.7 Å². The smallest absolute Gasteiger partial charge is 0.387 e. The molecule has 1 aliphatic carbocycles. The number of benzene rings is 1. The molecule has 4 nitrogen and oxygen atoms in total. The van der Waals surface area contributed by atoms with Gasteiger partial charge in [0, 0.05) is 30.2 Å². The van der Waals surface area contributed by atoms with E-state index in [9.17, 15) is 18.0 Å². The molecular weight excluding hydrogens is 401 g/mol. The molecular formula is C17H10BrF3N2O2. The lowest BCUT2D eigenvalue weighted by Gasteiger charge is -2.16. The molecule has 25 heavy (non-hydrogen) atoms. The van der Waals surface area contributed by atoms with Crippen LogP contribution in [0.15, 0.2) is 41.0 Å². The quantitative estimate of drug-likeness (QED) is 0.635. The van der Waals surface area contributed by atoms with Gasteiger partial charge in [-0.2, -0.15) is 8.78 Å². The number of ketones is 1.